The number of anilines is 2. The van der Waals surface area contributed by atoms with Crippen molar-refractivity contribution in [2.24, 2.45) is 0 Å². The molecule has 0 saturated carbocycles. The largest absolute Gasteiger partial charge is 0.345 e. The van der Waals surface area contributed by atoms with Crippen LogP contribution in [-0.4, -0.2) is 36.1 Å². The molecule has 144 valence electrons. The summed E-state index contributed by atoms with van der Waals surface area (Å²) in [6, 6.07) is 8.96. The summed E-state index contributed by atoms with van der Waals surface area (Å²) in [6.45, 7) is 12.6. The summed E-state index contributed by atoms with van der Waals surface area (Å²) in [5.41, 5.74) is 7.49. The van der Waals surface area contributed by atoms with E-state index in [0.717, 1.165) is 47.5 Å². The second kappa shape index (κ2) is 6.71. The highest BCUT2D eigenvalue weighted by Crippen LogP contribution is 2.34. The van der Waals surface area contributed by atoms with Crippen LogP contribution in [0.25, 0.3) is 20.4 Å². The van der Waals surface area contributed by atoms with Crippen LogP contribution in [0.4, 0.5) is 10.3 Å². The molecule has 28 heavy (non-hydrogen) atoms. The van der Waals surface area contributed by atoms with Crippen molar-refractivity contribution < 1.29 is 0 Å². The van der Waals surface area contributed by atoms with Crippen LogP contribution in [0.2, 0.25) is 0 Å². The van der Waals surface area contributed by atoms with Crippen LogP contribution in [0.3, 0.4) is 0 Å². The van der Waals surface area contributed by atoms with Crippen LogP contribution in [0.1, 0.15) is 22.3 Å². The second-order valence-electron chi connectivity index (χ2n) is 7.82. The van der Waals surface area contributed by atoms with Crippen LogP contribution >= 0.6 is 22.7 Å². The summed E-state index contributed by atoms with van der Waals surface area (Å²) in [4.78, 5) is 14.7. The lowest BCUT2D eigenvalue weighted by Gasteiger charge is -2.34. The Bertz CT molecular complexity index is 1090. The van der Waals surface area contributed by atoms with Gasteiger partial charge in [0, 0.05) is 26.2 Å². The number of fused-ring (bicyclic) bond motifs is 2. The number of hydrogen-bond donors (Lipinski definition) is 0. The Hall–Kier alpha value is -2.18. The van der Waals surface area contributed by atoms with E-state index in [9.17, 15) is 0 Å². The highest BCUT2D eigenvalue weighted by atomic mass is 32.1. The van der Waals surface area contributed by atoms with E-state index in [2.05, 4.69) is 61.8 Å². The second-order valence-corrected chi connectivity index (χ2v) is 9.84. The van der Waals surface area contributed by atoms with E-state index in [1.54, 1.807) is 0 Å². The van der Waals surface area contributed by atoms with Crippen molar-refractivity contribution >= 4 is 53.4 Å². The molecule has 1 aliphatic rings. The normalized spacial score (nSPS) is 15.1. The van der Waals surface area contributed by atoms with Gasteiger partial charge in [-0.25, -0.2) is 9.97 Å². The fourth-order valence-electron chi connectivity index (χ4n) is 4.08. The third-order valence-electron chi connectivity index (χ3n) is 5.46. The fourth-order valence-corrected chi connectivity index (χ4v) is 6.46. The molecule has 6 heteroatoms. The van der Waals surface area contributed by atoms with Gasteiger partial charge < -0.3 is 9.80 Å². The Morgan fingerprint density at radius 1 is 0.643 bits per heavy atom. The third kappa shape index (κ3) is 3.05. The molecule has 2 aromatic carbocycles. The lowest BCUT2D eigenvalue weighted by molar-refractivity contribution is 0.651. The maximum Gasteiger partial charge on any atom is 0.186 e. The Morgan fingerprint density at radius 2 is 1.04 bits per heavy atom. The Labute approximate surface area is 173 Å². The summed E-state index contributed by atoms with van der Waals surface area (Å²) < 4.78 is 2.60. The van der Waals surface area contributed by atoms with E-state index in [4.69, 9.17) is 9.97 Å². The molecule has 0 radical (unpaired) electrons. The minimum Gasteiger partial charge on any atom is -0.345 e. The summed E-state index contributed by atoms with van der Waals surface area (Å²) in [5, 5.41) is 2.30. The van der Waals surface area contributed by atoms with Crippen molar-refractivity contribution in [3.8, 4) is 0 Å². The zero-order valence-corrected chi connectivity index (χ0v) is 18.4. The van der Waals surface area contributed by atoms with Crippen molar-refractivity contribution in [2.75, 3.05) is 36.0 Å². The van der Waals surface area contributed by atoms with Gasteiger partial charge in [0.05, 0.1) is 20.4 Å². The number of hydrogen-bond acceptors (Lipinski definition) is 6. The first-order valence-corrected chi connectivity index (χ1v) is 11.4. The van der Waals surface area contributed by atoms with E-state index in [1.807, 2.05) is 22.7 Å². The molecular weight excluding hydrogens is 384 g/mol. The predicted molar refractivity (Wildman–Crippen MR) is 123 cm³/mol. The Kier molecular flexibility index (Phi) is 4.29. The van der Waals surface area contributed by atoms with Gasteiger partial charge in [-0.15, -0.1) is 0 Å². The number of aryl methyl sites for hydroxylation is 4. The monoisotopic (exact) mass is 408 g/mol. The van der Waals surface area contributed by atoms with Crippen LogP contribution in [0.5, 0.6) is 0 Å². The van der Waals surface area contributed by atoms with Crippen molar-refractivity contribution in [2.45, 2.75) is 27.7 Å². The quantitative estimate of drug-likeness (QED) is 0.440. The smallest absolute Gasteiger partial charge is 0.186 e. The third-order valence-corrected chi connectivity index (χ3v) is 7.58. The van der Waals surface area contributed by atoms with Crippen LogP contribution in [0.15, 0.2) is 24.3 Å². The first kappa shape index (κ1) is 17.9. The highest BCUT2D eigenvalue weighted by molar-refractivity contribution is 7.22. The molecule has 3 heterocycles. The van der Waals surface area contributed by atoms with E-state index in [1.165, 1.54) is 31.7 Å². The fraction of sp³-hybridized carbons (Fsp3) is 0.364. The molecule has 0 aliphatic carbocycles. The average Bonchev–Trinajstić information content (AvgIpc) is 3.26. The number of benzene rings is 2. The molecule has 5 rings (SSSR count). The Balaban J connectivity index is 1.36. The number of piperazine rings is 1. The van der Waals surface area contributed by atoms with Crippen molar-refractivity contribution in [3.05, 3.63) is 46.5 Å². The summed E-state index contributed by atoms with van der Waals surface area (Å²) in [6.07, 6.45) is 0. The first-order chi connectivity index (χ1) is 13.5. The van der Waals surface area contributed by atoms with Gasteiger partial charge in [-0.1, -0.05) is 34.8 Å². The van der Waals surface area contributed by atoms with Crippen molar-refractivity contribution in [3.63, 3.8) is 0 Å². The summed E-state index contributed by atoms with van der Waals surface area (Å²) in [5.74, 6) is 0. The predicted octanol–water partition coefficient (Wildman–Crippen LogP) is 5.47. The molecule has 0 bridgehead atoms. The molecule has 0 N–H and O–H groups in total. The van der Waals surface area contributed by atoms with Crippen molar-refractivity contribution in [1.82, 2.24) is 9.97 Å². The number of thiazole rings is 2. The van der Waals surface area contributed by atoms with Gasteiger partial charge in [-0.3, -0.25) is 0 Å². The zero-order valence-electron chi connectivity index (χ0n) is 16.7. The standard InChI is InChI=1S/C22H24N4S2/c1-13-9-15(3)19-17(11-13)27-21(23-19)25-5-7-26(8-6-25)22-24-20-16(4)10-14(2)12-18(20)28-22/h9-12H,5-8H2,1-4H3. The van der Waals surface area contributed by atoms with E-state index >= 15 is 0 Å². The first-order valence-electron chi connectivity index (χ1n) is 9.73. The van der Waals surface area contributed by atoms with E-state index in [-0.39, 0.29) is 0 Å². The van der Waals surface area contributed by atoms with E-state index in [0.29, 0.717) is 0 Å². The SMILES string of the molecule is Cc1cc(C)c2nc(N3CCN(c4nc5c(C)cc(C)cc5s4)CC3)sc2c1. The number of nitrogens with zero attached hydrogens (tertiary/aromatic N) is 4. The van der Waals surface area contributed by atoms with Gasteiger partial charge in [0.25, 0.3) is 0 Å². The van der Waals surface area contributed by atoms with Gasteiger partial charge in [-0.05, 0) is 62.1 Å². The molecule has 1 fully saturated rings. The van der Waals surface area contributed by atoms with Gasteiger partial charge in [0.1, 0.15) is 0 Å². The van der Waals surface area contributed by atoms with E-state index < -0.39 is 0 Å². The number of aromatic nitrogens is 2. The lowest BCUT2D eigenvalue weighted by Crippen LogP contribution is -2.46. The zero-order chi connectivity index (χ0) is 19.4. The van der Waals surface area contributed by atoms with Crippen LogP contribution < -0.4 is 9.80 Å². The molecule has 0 unspecified atom stereocenters. The average molecular weight is 409 g/mol. The molecule has 0 amide bonds. The molecule has 1 saturated heterocycles. The molecule has 4 aromatic rings. The van der Waals surface area contributed by atoms with Crippen LogP contribution in [0, 0.1) is 27.7 Å². The molecule has 1 aliphatic heterocycles. The lowest BCUT2D eigenvalue weighted by atomic mass is 10.1. The molecule has 4 nitrogen and oxygen atoms in total. The maximum absolute atomic E-state index is 4.94. The Morgan fingerprint density at radius 3 is 1.43 bits per heavy atom. The molecular formula is C22H24N4S2. The molecule has 2 aromatic heterocycles. The van der Waals surface area contributed by atoms with Crippen LogP contribution in [-0.2, 0) is 0 Å². The van der Waals surface area contributed by atoms with Gasteiger partial charge in [0.2, 0.25) is 0 Å². The van der Waals surface area contributed by atoms with Gasteiger partial charge in [-0.2, -0.15) is 0 Å². The minimum absolute atomic E-state index is 0.992. The molecule has 0 atom stereocenters. The van der Waals surface area contributed by atoms with Gasteiger partial charge >= 0.3 is 0 Å². The highest BCUT2D eigenvalue weighted by Gasteiger charge is 2.22. The van der Waals surface area contributed by atoms with Gasteiger partial charge in [0.15, 0.2) is 10.3 Å². The summed E-state index contributed by atoms with van der Waals surface area (Å²) >= 11 is 3.64. The molecule has 0 spiro atoms. The summed E-state index contributed by atoms with van der Waals surface area (Å²) in [7, 11) is 0. The number of rotatable bonds is 2. The van der Waals surface area contributed by atoms with Crippen molar-refractivity contribution in [1.29, 1.82) is 0 Å². The minimum atomic E-state index is 0.992. The maximum atomic E-state index is 4.94. The topological polar surface area (TPSA) is 32.3 Å².